The van der Waals surface area contributed by atoms with Gasteiger partial charge in [-0.05, 0) is 24.3 Å². The average molecular weight is 335 g/mol. The van der Waals surface area contributed by atoms with Crippen molar-refractivity contribution in [1.82, 2.24) is 15.8 Å². The first-order chi connectivity index (χ1) is 12.1. The maximum Gasteiger partial charge on any atom is 0.272 e. The second kappa shape index (κ2) is 7.35. The number of hydrazine groups is 1. The molecule has 0 radical (unpaired) electrons. The Morgan fingerprint density at radius 2 is 1.76 bits per heavy atom. The number of halogens is 1. The van der Waals surface area contributed by atoms with Gasteiger partial charge in [-0.2, -0.15) is 0 Å². The highest BCUT2D eigenvalue weighted by Crippen LogP contribution is 2.16. The van der Waals surface area contributed by atoms with Gasteiger partial charge in [0.05, 0.1) is 11.1 Å². The van der Waals surface area contributed by atoms with Crippen molar-refractivity contribution in [3.05, 3.63) is 83.8 Å². The van der Waals surface area contributed by atoms with Crippen molar-refractivity contribution < 1.29 is 14.0 Å². The van der Waals surface area contributed by atoms with E-state index in [2.05, 4.69) is 15.8 Å². The van der Waals surface area contributed by atoms with Crippen LogP contribution in [0.2, 0.25) is 0 Å². The first-order valence-electron chi connectivity index (χ1n) is 7.52. The predicted octanol–water partition coefficient (Wildman–Crippen LogP) is 2.85. The van der Waals surface area contributed by atoms with Gasteiger partial charge in [0.2, 0.25) is 0 Å². The van der Waals surface area contributed by atoms with E-state index in [0.29, 0.717) is 0 Å². The topological polar surface area (TPSA) is 71.1 Å². The Balaban J connectivity index is 1.65. The van der Waals surface area contributed by atoms with Crippen molar-refractivity contribution in [2.75, 3.05) is 0 Å². The molecule has 3 rings (SSSR count). The highest BCUT2D eigenvalue weighted by Gasteiger charge is 2.10. The molecule has 5 nitrogen and oxygen atoms in total. The zero-order valence-electron chi connectivity index (χ0n) is 13.1. The summed E-state index contributed by atoms with van der Waals surface area (Å²) < 4.78 is 13.5. The lowest BCUT2D eigenvalue weighted by Gasteiger charge is -2.06. The van der Waals surface area contributed by atoms with E-state index in [1.54, 1.807) is 12.3 Å². The molecule has 3 aromatic rings. The zero-order chi connectivity index (χ0) is 17.6. The van der Waals surface area contributed by atoms with Gasteiger partial charge < -0.3 is 0 Å². The summed E-state index contributed by atoms with van der Waals surface area (Å²) in [5.74, 6) is -1.93. The molecule has 6 heteroatoms. The van der Waals surface area contributed by atoms with Crippen LogP contribution in [0.4, 0.5) is 4.39 Å². The van der Waals surface area contributed by atoms with Crippen molar-refractivity contribution in [2.24, 2.45) is 0 Å². The molecule has 0 fully saturated rings. The standard InChI is InChI=1S/C19H14FN3O2/c20-16-9-2-1-8-15(16)19(25)23-22-17(24)11-10-14-6-3-5-13-7-4-12-21-18(13)14/h1-12H,(H,22,24)(H,23,25)/b11-10+. The van der Waals surface area contributed by atoms with Crippen LogP contribution in [0.1, 0.15) is 15.9 Å². The highest BCUT2D eigenvalue weighted by molar-refractivity contribution is 5.99. The minimum atomic E-state index is -0.730. The fourth-order valence-corrected chi connectivity index (χ4v) is 2.30. The largest absolute Gasteiger partial charge is 0.272 e. The SMILES string of the molecule is O=C(/C=C/c1cccc2cccnc12)NNC(=O)c1ccccc1F. The molecule has 1 aromatic heterocycles. The van der Waals surface area contributed by atoms with Crippen LogP contribution in [-0.4, -0.2) is 16.8 Å². The Bertz CT molecular complexity index is 964. The molecule has 0 saturated carbocycles. The van der Waals surface area contributed by atoms with Crippen molar-refractivity contribution >= 4 is 28.8 Å². The number of carbonyl (C=O) groups excluding carboxylic acids is 2. The van der Waals surface area contributed by atoms with Crippen LogP contribution in [0.5, 0.6) is 0 Å². The fraction of sp³-hybridized carbons (Fsp3) is 0. The number of nitrogens with one attached hydrogen (secondary N) is 2. The number of pyridine rings is 1. The third-order valence-corrected chi connectivity index (χ3v) is 3.50. The van der Waals surface area contributed by atoms with Crippen LogP contribution in [0, 0.1) is 5.82 Å². The Hall–Kier alpha value is -3.54. The Morgan fingerprint density at radius 3 is 2.60 bits per heavy atom. The molecule has 0 bridgehead atoms. The van der Waals surface area contributed by atoms with Gasteiger partial charge >= 0.3 is 0 Å². The highest BCUT2D eigenvalue weighted by atomic mass is 19.1. The molecule has 25 heavy (non-hydrogen) atoms. The van der Waals surface area contributed by atoms with E-state index < -0.39 is 17.6 Å². The Morgan fingerprint density at radius 1 is 0.960 bits per heavy atom. The predicted molar refractivity (Wildman–Crippen MR) is 92.8 cm³/mol. The van der Waals surface area contributed by atoms with Crippen LogP contribution in [0.15, 0.2) is 66.9 Å². The fourth-order valence-electron chi connectivity index (χ4n) is 2.30. The third kappa shape index (κ3) is 3.87. The molecule has 0 aliphatic carbocycles. The lowest BCUT2D eigenvalue weighted by molar-refractivity contribution is -0.117. The van der Waals surface area contributed by atoms with E-state index in [9.17, 15) is 14.0 Å². The lowest BCUT2D eigenvalue weighted by Crippen LogP contribution is -2.41. The minimum Gasteiger partial charge on any atom is -0.268 e. The summed E-state index contributed by atoms with van der Waals surface area (Å²) in [6, 6.07) is 14.9. The number of amides is 2. The minimum absolute atomic E-state index is 0.148. The lowest BCUT2D eigenvalue weighted by atomic mass is 10.1. The van der Waals surface area contributed by atoms with Gasteiger partial charge in [-0.3, -0.25) is 25.4 Å². The second-order valence-corrected chi connectivity index (χ2v) is 5.18. The second-order valence-electron chi connectivity index (χ2n) is 5.18. The molecule has 0 atom stereocenters. The number of hydrogen-bond donors (Lipinski definition) is 2. The molecular weight excluding hydrogens is 321 g/mol. The smallest absolute Gasteiger partial charge is 0.268 e. The van der Waals surface area contributed by atoms with Crippen LogP contribution in [0.25, 0.3) is 17.0 Å². The van der Waals surface area contributed by atoms with Crippen molar-refractivity contribution in [2.45, 2.75) is 0 Å². The summed E-state index contributed by atoms with van der Waals surface area (Å²) in [5.41, 5.74) is 5.77. The van der Waals surface area contributed by atoms with E-state index in [1.165, 1.54) is 30.3 Å². The molecule has 0 spiro atoms. The molecule has 0 unspecified atom stereocenters. The first-order valence-corrected chi connectivity index (χ1v) is 7.52. The maximum absolute atomic E-state index is 13.5. The number of carbonyl (C=O) groups is 2. The summed E-state index contributed by atoms with van der Waals surface area (Å²) in [6.07, 6.45) is 4.54. The van der Waals surface area contributed by atoms with Crippen molar-refractivity contribution in [3.8, 4) is 0 Å². The third-order valence-electron chi connectivity index (χ3n) is 3.50. The molecular formula is C19H14FN3O2. The number of aromatic nitrogens is 1. The van der Waals surface area contributed by atoms with Crippen LogP contribution >= 0.6 is 0 Å². The number of fused-ring (bicyclic) bond motifs is 1. The summed E-state index contributed by atoms with van der Waals surface area (Å²) in [5, 5.41) is 0.956. The van der Waals surface area contributed by atoms with Gasteiger partial charge in [0, 0.05) is 23.2 Å². The quantitative estimate of drug-likeness (QED) is 0.571. The Kier molecular flexibility index (Phi) is 4.80. The molecule has 124 valence electrons. The van der Waals surface area contributed by atoms with Gasteiger partial charge in [0.1, 0.15) is 5.82 Å². The summed E-state index contributed by atoms with van der Waals surface area (Å²) >= 11 is 0. The van der Waals surface area contributed by atoms with E-state index >= 15 is 0 Å². The van der Waals surface area contributed by atoms with Crippen LogP contribution in [-0.2, 0) is 4.79 Å². The number of rotatable bonds is 3. The van der Waals surface area contributed by atoms with Crippen LogP contribution in [0.3, 0.4) is 0 Å². The number of para-hydroxylation sites is 1. The first kappa shape index (κ1) is 16.3. The number of benzene rings is 2. The van der Waals surface area contributed by atoms with Crippen molar-refractivity contribution in [1.29, 1.82) is 0 Å². The maximum atomic E-state index is 13.5. The summed E-state index contributed by atoms with van der Waals surface area (Å²) in [7, 11) is 0. The Labute approximate surface area is 143 Å². The van der Waals surface area contributed by atoms with E-state index in [0.717, 1.165) is 16.5 Å². The molecule has 0 saturated heterocycles. The van der Waals surface area contributed by atoms with Gasteiger partial charge in [-0.15, -0.1) is 0 Å². The van der Waals surface area contributed by atoms with Crippen molar-refractivity contribution in [3.63, 3.8) is 0 Å². The number of hydrogen-bond acceptors (Lipinski definition) is 3. The molecule has 2 N–H and O–H groups in total. The normalized spacial score (nSPS) is 10.8. The van der Waals surface area contributed by atoms with Crippen LogP contribution < -0.4 is 10.9 Å². The van der Waals surface area contributed by atoms with E-state index in [4.69, 9.17) is 0 Å². The van der Waals surface area contributed by atoms with Gasteiger partial charge in [0.15, 0.2) is 0 Å². The van der Waals surface area contributed by atoms with Gasteiger partial charge in [-0.1, -0.05) is 36.4 Å². The van der Waals surface area contributed by atoms with Gasteiger partial charge in [0.25, 0.3) is 11.8 Å². The zero-order valence-corrected chi connectivity index (χ0v) is 13.1. The molecule has 2 aromatic carbocycles. The van der Waals surface area contributed by atoms with Gasteiger partial charge in [-0.25, -0.2) is 4.39 Å². The monoisotopic (exact) mass is 335 g/mol. The van der Waals surface area contributed by atoms with E-state index in [1.807, 2.05) is 30.3 Å². The summed E-state index contributed by atoms with van der Waals surface area (Å²) in [4.78, 5) is 28.0. The molecule has 0 aliphatic heterocycles. The summed E-state index contributed by atoms with van der Waals surface area (Å²) in [6.45, 7) is 0. The molecule has 1 heterocycles. The average Bonchev–Trinajstić information content (AvgIpc) is 2.64. The molecule has 2 amide bonds. The van der Waals surface area contributed by atoms with E-state index in [-0.39, 0.29) is 5.56 Å². The number of nitrogens with zero attached hydrogens (tertiary/aromatic N) is 1. The molecule has 0 aliphatic rings.